The highest BCUT2D eigenvalue weighted by molar-refractivity contribution is 7.13. The van der Waals surface area contributed by atoms with Crippen molar-refractivity contribution < 1.29 is 4.79 Å². The Morgan fingerprint density at radius 3 is 2.67 bits per heavy atom. The molecule has 0 saturated carbocycles. The summed E-state index contributed by atoms with van der Waals surface area (Å²) >= 11 is 1.51. The van der Waals surface area contributed by atoms with Gasteiger partial charge >= 0.3 is 0 Å². The second kappa shape index (κ2) is 7.94. The second-order valence-electron chi connectivity index (χ2n) is 7.70. The summed E-state index contributed by atoms with van der Waals surface area (Å²) in [4.78, 5) is 25.6. The van der Waals surface area contributed by atoms with Gasteiger partial charge in [-0.15, -0.1) is 11.3 Å². The monoisotopic (exact) mass is 385 g/mol. The van der Waals surface area contributed by atoms with Gasteiger partial charge in [0.25, 0.3) is 0 Å². The number of hydrogen-bond acceptors (Lipinski definition) is 6. The molecule has 2 aliphatic heterocycles. The second-order valence-corrected chi connectivity index (χ2v) is 8.56. The van der Waals surface area contributed by atoms with Gasteiger partial charge in [0.2, 0.25) is 5.91 Å². The average molecular weight is 386 g/mol. The first-order valence-corrected chi connectivity index (χ1v) is 10.7. The highest BCUT2D eigenvalue weighted by Crippen LogP contribution is 2.41. The van der Waals surface area contributed by atoms with Crippen LogP contribution in [0.3, 0.4) is 0 Å². The number of piperidine rings is 1. The van der Waals surface area contributed by atoms with E-state index in [0.717, 1.165) is 38.3 Å². The van der Waals surface area contributed by atoms with Gasteiger partial charge in [-0.1, -0.05) is 6.92 Å². The molecule has 7 heteroatoms. The molecule has 2 aromatic heterocycles. The van der Waals surface area contributed by atoms with Crippen molar-refractivity contribution in [2.45, 2.75) is 32.6 Å². The number of nitrogens with zero attached hydrogens (tertiary/aromatic N) is 4. The molecule has 2 aliphatic rings. The number of anilines is 2. The first kappa shape index (κ1) is 18.4. The summed E-state index contributed by atoms with van der Waals surface area (Å²) in [6.07, 6.45) is 8.21. The molecule has 0 radical (unpaired) electrons. The van der Waals surface area contributed by atoms with Crippen LogP contribution < -0.4 is 10.2 Å². The molecular formula is C20H27N5OS. The number of likely N-dealkylation sites (tertiary alicyclic amines) is 1. The zero-order valence-electron chi connectivity index (χ0n) is 15.9. The zero-order chi connectivity index (χ0) is 18.7. The van der Waals surface area contributed by atoms with Gasteiger partial charge in [0.15, 0.2) is 5.13 Å². The van der Waals surface area contributed by atoms with E-state index in [-0.39, 0.29) is 5.91 Å². The van der Waals surface area contributed by atoms with E-state index in [4.69, 9.17) is 0 Å². The molecule has 1 spiro atoms. The van der Waals surface area contributed by atoms with Gasteiger partial charge in [0.1, 0.15) is 0 Å². The highest BCUT2D eigenvalue weighted by atomic mass is 32.1. The van der Waals surface area contributed by atoms with Gasteiger partial charge in [-0.25, -0.2) is 4.98 Å². The van der Waals surface area contributed by atoms with E-state index in [1.54, 1.807) is 0 Å². The normalized spacial score (nSPS) is 19.5. The minimum absolute atomic E-state index is 0.0489. The van der Waals surface area contributed by atoms with E-state index >= 15 is 0 Å². The molecule has 4 heterocycles. The van der Waals surface area contributed by atoms with E-state index in [1.165, 1.54) is 36.3 Å². The van der Waals surface area contributed by atoms with Gasteiger partial charge in [0.05, 0.1) is 12.2 Å². The summed E-state index contributed by atoms with van der Waals surface area (Å²) in [7, 11) is 0. The van der Waals surface area contributed by atoms with Crippen molar-refractivity contribution >= 4 is 28.1 Å². The number of carbonyl (C=O) groups excluding carboxylic acids is 1. The fourth-order valence-electron chi connectivity index (χ4n) is 4.19. The maximum atomic E-state index is 12.3. The molecule has 1 N–H and O–H groups in total. The molecule has 0 aliphatic carbocycles. The Kier molecular flexibility index (Phi) is 5.41. The van der Waals surface area contributed by atoms with Crippen LogP contribution in [0.25, 0.3) is 0 Å². The fourth-order valence-corrected chi connectivity index (χ4v) is 5.00. The molecule has 2 aromatic rings. The van der Waals surface area contributed by atoms with Crippen LogP contribution >= 0.6 is 11.3 Å². The Balaban J connectivity index is 1.26. The largest absolute Gasteiger partial charge is 0.371 e. The van der Waals surface area contributed by atoms with Crippen LogP contribution in [0.15, 0.2) is 29.9 Å². The van der Waals surface area contributed by atoms with Crippen LogP contribution in [0.4, 0.5) is 10.8 Å². The molecule has 0 unspecified atom stereocenters. The lowest BCUT2D eigenvalue weighted by Gasteiger charge is -2.39. The number of nitrogens with one attached hydrogen (secondary N) is 1. The fraction of sp³-hybridized carbons (Fsp3) is 0.550. The maximum absolute atomic E-state index is 12.3. The Hall–Kier alpha value is -1.99. The maximum Gasteiger partial charge on any atom is 0.240 e. The van der Waals surface area contributed by atoms with E-state index < -0.39 is 0 Å². The van der Waals surface area contributed by atoms with Crippen molar-refractivity contribution in [3.05, 3.63) is 35.6 Å². The number of aryl methyl sites for hydroxylation is 1. The molecule has 1 amide bonds. The quantitative estimate of drug-likeness (QED) is 0.857. The van der Waals surface area contributed by atoms with Crippen molar-refractivity contribution in [3.8, 4) is 0 Å². The molecule has 4 rings (SSSR count). The number of hydrogen-bond donors (Lipinski definition) is 1. The third-order valence-corrected chi connectivity index (χ3v) is 6.72. The summed E-state index contributed by atoms with van der Waals surface area (Å²) in [5, 5.41) is 5.67. The predicted octanol–water partition coefficient (Wildman–Crippen LogP) is 3.03. The Labute approximate surface area is 164 Å². The lowest BCUT2D eigenvalue weighted by molar-refractivity contribution is -0.117. The number of aromatic nitrogens is 2. The molecule has 27 heavy (non-hydrogen) atoms. The van der Waals surface area contributed by atoms with E-state index in [2.05, 4.69) is 44.1 Å². The summed E-state index contributed by atoms with van der Waals surface area (Å²) in [6, 6.07) is 4.20. The minimum atomic E-state index is 0.0489. The third-order valence-electron chi connectivity index (χ3n) is 5.91. The van der Waals surface area contributed by atoms with E-state index in [9.17, 15) is 4.79 Å². The number of amides is 1. The summed E-state index contributed by atoms with van der Waals surface area (Å²) in [5.74, 6) is 0.0489. The molecule has 0 aromatic carbocycles. The van der Waals surface area contributed by atoms with Crippen molar-refractivity contribution in [1.82, 2.24) is 14.9 Å². The van der Waals surface area contributed by atoms with Crippen LogP contribution in [0, 0.1) is 5.41 Å². The number of rotatable bonds is 5. The number of thiazole rings is 1. The van der Waals surface area contributed by atoms with Crippen molar-refractivity contribution in [3.63, 3.8) is 0 Å². The van der Waals surface area contributed by atoms with E-state index in [0.29, 0.717) is 17.1 Å². The Morgan fingerprint density at radius 2 is 1.96 bits per heavy atom. The Morgan fingerprint density at radius 1 is 1.22 bits per heavy atom. The SMILES string of the molecule is CCc1csc(NC(=O)CN2CCC3(CC2)CCN(c2ccncc2)C3)n1. The third kappa shape index (κ3) is 4.30. The molecule has 0 atom stereocenters. The zero-order valence-corrected chi connectivity index (χ0v) is 16.7. The summed E-state index contributed by atoms with van der Waals surface area (Å²) in [5.41, 5.74) is 2.72. The van der Waals surface area contributed by atoms with Crippen LogP contribution in [0.5, 0.6) is 0 Å². The molecule has 0 bridgehead atoms. The smallest absolute Gasteiger partial charge is 0.240 e. The van der Waals surface area contributed by atoms with Gasteiger partial charge in [-0.2, -0.15) is 0 Å². The van der Waals surface area contributed by atoms with Crippen molar-refractivity contribution in [2.75, 3.05) is 42.9 Å². The molecule has 2 fully saturated rings. The minimum Gasteiger partial charge on any atom is -0.371 e. The number of carbonyl (C=O) groups is 1. The molecule has 144 valence electrons. The molecule has 6 nitrogen and oxygen atoms in total. The van der Waals surface area contributed by atoms with Crippen molar-refractivity contribution in [1.29, 1.82) is 0 Å². The lowest BCUT2D eigenvalue weighted by atomic mass is 9.78. The van der Waals surface area contributed by atoms with Crippen LogP contribution in [0.2, 0.25) is 0 Å². The summed E-state index contributed by atoms with van der Waals surface area (Å²) < 4.78 is 0. The first-order valence-electron chi connectivity index (χ1n) is 9.77. The van der Waals surface area contributed by atoms with Gasteiger partial charge < -0.3 is 10.2 Å². The van der Waals surface area contributed by atoms with Crippen molar-refractivity contribution in [2.24, 2.45) is 5.41 Å². The standard InChI is InChI=1S/C20H27N5OS/c1-2-16-14-27-19(22-16)23-18(26)13-24-10-5-20(6-11-24)7-12-25(15-20)17-3-8-21-9-4-17/h3-4,8-9,14H,2,5-7,10-13,15H2,1H3,(H,22,23,26). The predicted molar refractivity (Wildman–Crippen MR) is 109 cm³/mol. The van der Waals surface area contributed by atoms with Crippen LogP contribution in [-0.4, -0.2) is 53.5 Å². The lowest BCUT2D eigenvalue weighted by Crippen LogP contribution is -2.44. The van der Waals surface area contributed by atoms with Gasteiger partial charge in [-0.05, 0) is 56.3 Å². The highest BCUT2D eigenvalue weighted by Gasteiger charge is 2.40. The van der Waals surface area contributed by atoms with Gasteiger partial charge in [-0.3, -0.25) is 14.7 Å². The van der Waals surface area contributed by atoms with E-state index in [1.807, 2.05) is 17.8 Å². The Bertz CT molecular complexity index is 770. The molecular weight excluding hydrogens is 358 g/mol. The van der Waals surface area contributed by atoms with Crippen LogP contribution in [0.1, 0.15) is 31.9 Å². The van der Waals surface area contributed by atoms with Gasteiger partial charge in [0, 0.05) is 36.6 Å². The molecule has 2 saturated heterocycles. The first-order chi connectivity index (χ1) is 13.2. The number of pyridine rings is 1. The van der Waals surface area contributed by atoms with Crippen LogP contribution in [-0.2, 0) is 11.2 Å². The topological polar surface area (TPSA) is 61.4 Å². The summed E-state index contributed by atoms with van der Waals surface area (Å²) in [6.45, 7) is 6.77. The average Bonchev–Trinajstić information content (AvgIpc) is 3.32.